The number of benzene rings is 2. The molecule has 1 unspecified atom stereocenters. The molecule has 2 aromatic carbocycles. The van der Waals surface area contributed by atoms with Gasteiger partial charge in [0, 0.05) is 29.8 Å². The van der Waals surface area contributed by atoms with Crippen molar-refractivity contribution < 1.29 is 13.3 Å². The number of sulfonamides is 1. The molecule has 28 heavy (non-hydrogen) atoms. The minimum absolute atomic E-state index is 0.220. The van der Waals surface area contributed by atoms with Gasteiger partial charge >= 0.3 is 0 Å². The lowest BCUT2D eigenvalue weighted by Gasteiger charge is -2.22. The Balaban J connectivity index is 2.11. The Morgan fingerprint density at radius 3 is 2.46 bits per heavy atom. The van der Waals surface area contributed by atoms with Gasteiger partial charge in [0.05, 0.1) is 9.82 Å². The molecule has 152 valence electrons. The summed E-state index contributed by atoms with van der Waals surface area (Å²) in [6, 6.07) is 13.7. The van der Waals surface area contributed by atoms with Gasteiger partial charge in [-0.15, -0.1) is 11.8 Å². The average molecular weight is 425 g/mol. The quantitative estimate of drug-likeness (QED) is 0.342. The first-order valence-corrected chi connectivity index (χ1v) is 11.1. The average Bonchev–Trinajstić information content (AvgIpc) is 2.63. The Morgan fingerprint density at radius 2 is 1.89 bits per heavy atom. The van der Waals surface area contributed by atoms with Crippen molar-refractivity contribution in [3.05, 3.63) is 58.6 Å². The highest BCUT2D eigenvalue weighted by Crippen LogP contribution is 2.28. The predicted molar refractivity (Wildman–Crippen MR) is 112 cm³/mol. The molecule has 0 saturated heterocycles. The monoisotopic (exact) mass is 424 g/mol. The van der Waals surface area contributed by atoms with E-state index >= 15 is 0 Å². The fraction of sp³-hybridized carbons (Fsp3) is 0.333. The molecule has 0 heterocycles. The van der Waals surface area contributed by atoms with E-state index in [1.807, 2.05) is 44.4 Å². The van der Waals surface area contributed by atoms with E-state index in [9.17, 15) is 18.5 Å². The van der Waals surface area contributed by atoms with Crippen LogP contribution in [0.4, 0.5) is 11.4 Å². The molecule has 0 radical (unpaired) electrons. The SMILES string of the molecule is CN(C)CC(CNc1ccc(S(N)(=O)=O)cc1[N+](=O)[O-])CSc1ccccc1. The normalized spacial score (nSPS) is 12.7. The Bertz CT molecular complexity index is 905. The van der Waals surface area contributed by atoms with Crippen molar-refractivity contribution in [2.75, 3.05) is 38.3 Å². The van der Waals surface area contributed by atoms with Crippen molar-refractivity contribution >= 4 is 33.2 Å². The molecule has 0 bridgehead atoms. The molecule has 2 aromatic rings. The van der Waals surface area contributed by atoms with Crippen molar-refractivity contribution in [3.63, 3.8) is 0 Å². The molecule has 10 heteroatoms. The number of nitrogens with two attached hydrogens (primary N) is 1. The molecule has 1 atom stereocenters. The molecule has 0 aliphatic carbocycles. The number of primary sulfonamides is 1. The van der Waals surface area contributed by atoms with Gasteiger partial charge in [-0.05, 0) is 44.3 Å². The number of nitrogens with zero attached hydrogens (tertiary/aromatic N) is 2. The molecule has 8 nitrogen and oxygen atoms in total. The van der Waals surface area contributed by atoms with E-state index in [2.05, 4.69) is 10.2 Å². The summed E-state index contributed by atoms with van der Waals surface area (Å²) in [5.41, 5.74) is -0.0447. The zero-order valence-electron chi connectivity index (χ0n) is 15.7. The van der Waals surface area contributed by atoms with Crippen LogP contribution in [0.25, 0.3) is 0 Å². The van der Waals surface area contributed by atoms with E-state index in [1.54, 1.807) is 11.8 Å². The van der Waals surface area contributed by atoms with Gasteiger partial charge < -0.3 is 10.2 Å². The van der Waals surface area contributed by atoms with E-state index in [0.717, 1.165) is 23.3 Å². The van der Waals surface area contributed by atoms with Crippen LogP contribution in [0.2, 0.25) is 0 Å². The first-order chi connectivity index (χ1) is 13.2. The minimum Gasteiger partial charge on any atom is -0.379 e. The van der Waals surface area contributed by atoms with E-state index in [-0.39, 0.29) is 22.2 Å². The van der Waals surface area contributed by atoms with Crippen LogP contribution in [0, 0.1) is 16.0 Å². The second kappa shape index (κ2) is 9.87. The zero-order valence-corrected chi connectivity index (χ0v) is 17.4. The third-order valence-corrected chi connectivity index (χ3v) is 6.08. The summed E-state index contributed by atoms with van der Waals surface area (Å²) < 4.78 is 22.9. The summed E-state index contributed by atoms with van der Waals surface area (Å²) in [4.78, 5) is 13.7. The lowest BCUT2D eigenvalue weighted by molar-refractivity contribution is -0.384. The minimum atomic E-state index is -4.00. The molecule has 3 N–H and O–H groups in total. The molecule has 0 amide bonds. The summed E-state index contributed by atoms with van der Waals surface area (Å²) in [6.45, 7) is 1.31. The van der Waals surface area contributed by atoms with Crippen LogP contribution < -0.4 is 10.5 Å². The summed E-state index contributed by atoms with van der Waals surface area (Å²) in [5.74, 6) is 1.05. The Labute approximate surface area is 169 Å². The number of nitro benzene ring substituents is 1. The van der Waals surface area contributed by atoms with Crippen LogP contribution >= 0.6 is 11.8 Å². The third kappa shape index (κ3) is 6.79. The van der Waals surface area contributed by atoms with Crippen molar-refractivity contribution in [3.8, 4) is 0 Å². The molecule has 0 aromatic heterocycles. The second-order valence-corrected chi connectivity index (χ2v) is 9.27. The van der Waals surface area contributed by atoms with E-state index < -0.39 is 14.9 Å². The summed E-state index contributed by atoms with van der Waals surface area (Å²) in [6.07, 6.45) is 0. The van der Waals surface area contributed by atoms with Crippen LogP contribution in [0.1, 0.15) is 0 Å². The fourth-order valence-corrected chi connectivity index (χ4v) is 4.20. The number of nitro groups is 1. The lowest BCUT2D eigenvalue weighted by Crippen LogP contribution is -2.29. The van der Waals surface area contributed by atoms with Crippen LogP contribution in [-0.2, 0) is 10.0 Å². The Kier molecular flexibility index (Phi) is 7.81. The largest absolute Gasteiger partial charge is 0.379 e. The van der Waals surface area contributed by atoms with Crippen molar-refractivity contribution in [2.24, 2.45) is 11.1 Å². The van der Waals surface area contributed by atoms with Gasteiger partial charge in [-0.1, -0.05) is 18.2 Å². The van der Waals surface area contributed by atoms with Crippen LogP contribution in [0.3, 0.4) is 0 Å². The first kappa shape index (κ1) is 22.2. The van der Waals surface area contributed by atoms with Gasteiger partial charge in [0.15, 0.2) is 0 Å². The summed E-state index contributed by atoms with van der Waals surface area (Å²) in [7, 11) is -0.0528. The highest BCUT2D eigenvalue weighted by Gasteiger charge is 2.20. The number of nitrogens with one attached hydrogen (secondary N) is 1. The van der Waals surface area contributed by atoms with E-state index in [4.69, 9.17) is 5.14 Å². The maximum atomic E-state index is 11.5. The first-order valence-electron chi connectivity index (χ1n) is 8.54. The maximum absolute atomic E-state index is 11.5. The molecule has 0 aliphatic rings. The van der Waals surface area contributed by atoms with Crippen LogP contribution in [-0.4, -0.2) is 51.2 Å². The Hall–Kier alpha value is -2.14. The smallest absolute Gasteiger partial charge is 0.293 e. The number of thioether (sulfide) groups is 1. The van der Waals surface area contributed by atoms with E-state index in [0.29, 0.717) is 6.54 Å². The molecule has 2 rings (SSSR count). The second-order valence-electron chi connectivity index (χ2n) is 6.61. The topological polar surface area (TPSA) is 119 Å². The van der Waals surface area contributed by atoms with E-state index in [1.165, 1.54) is 12.1 Å². The number of hydrogen-bond donors (Lipinski definition) is 2. The summed E-state index contributed by atoms with van der Waals surface area (Å²) >= 11 is 1.73. The van der Waals surface area contributed by atoms with Gasteiger partial charge in [0.25, 0.3) is 5.69 Å². The Morgan fingerprint density at radius 1 is 1.21 bits per heavy atom. The fourth-order valence-electron chi connectivity index (χ4n) is 2.67. The highest BCUT2D eigenvalue weighted by molar-refractivity contribution is 7.99. The van der Waals surface area contributed by atoms with Gasteiger partial charge in [-0.3, -0.25) is 10.1 Å². The van der Waals surface area contributed by atoms with Crippen molar-refractivity contribution in [1.29, 1.82) is 0 Å². The summed E-state index contributed by atoms with van der Waals surface area (Å²) in [5, 5.41) is 19.5. The number of anilines is 1. The molecule has 0 spiro atoms. The molecule has 0 fully saturated rings. The standard InChI is InChI=1S/C18H24N4O4S2/c1-21(2)12-14(13-27-15-6-4-3-5-7-15)11-20-17-9-8-16(28(19,25)26)10-18(17)22(23)24/h3-10,14,20H,11-13H2,1-2H3,(H2,19,25,26). The van der Waals surface area contributed by atoms with Crippen molar-refractivity contribution in [1.82, 2.24) is 4.90 Å². The van der Waals surface area contributed by atoms with Crippen molar-refractivity contribution in [2.45, 2.75) is 9.79 Å². The number of hydrogen-bond acceptors (Lipinski definition) is 7. The molecule has 0 aliphatic heterocycles. The zero-order chi connectivity index (χ0) is 20.7. The molecule has 0 saturated carbocycles. The lowest BCUT2D eigenvalue weighted by atomic mass is 10.1. The van der Waals surface area contributed by atoms with Gasteiger partial charge in [0.2, 0.25) is 10.0 Å². The van der Waals surface area contributed by atoms with Crippen LogP contribution in [0.15, 0.2) is 58.3 Å². The van der Waals surface area contributed by atoms with Crippen LogP contribution in [0.5, 0.6) is 0 Å². The van der Waals surface area contributed by atoms with Gasteiger partial charge in [0.1, 0.15) is 5.69 Å². The highest BCUT2D eigenvalue weighted by atomic mass is 32.2. The number of rotatable bonds is 10. The molecular formula is C18H24N4O4S2. The molecular weight excluding hydrogens is 400 g/mol. The maximum Gasteiger partial charge on any atom is 0.293 e. The third-order valence-electron chi connectivity index (χ3n) is 3.93. The van der Waals surface area contributed by atoms with Gasteiger partial charge in [-0.2, -0.15) is 0 Å². The predicted octanol–water partition coefficient (Wildman–Crippen LogP) is 2.62. The van der Waals surface area contributed by atoms with Gasteiger partial charge in [-0.25, -0.2) is 13.6 Å².